The molecule has 152 valence electrons. The lowest BCUT2D eigenvalue weighted by Gasteiger charge is -2.26. The maximum absolute atomic E-state index is 12.9. The van der Waals surface area contributed by atoms with Gasteiger partial charge in [0.1, 0.15) is 5.76 Å². The van der Waals surface area contributed by atoms with Crippen LogP contribution < -0.4 is 0 Å². The van der Waals surface area contributed by atoms with E-state index in [4.69, 9.17) is 9.26 Å². The summed E-state index contributed by atoms with van der Waals surface area (Å²) in [5.41, 5.74) is 1.93. The molecule has 0 N–H and O–H groups in total. The van der Waals surface area contributed by atoms with Gasteiger partial charge in [0.2, 0.25) is 5.91 Å². The van der Waals surface area contributed by atoms with Gasteiger partial charge in [-0.25, -0.2) is 4.68 Å². The number of carbonyl (C=O) groups excluding carboxylic acids is 1. The van der Waals surface area contributed by atoms with Gasteiger partial charge in [-0.2, -0.15) is 0 Å². The molecule has 28 heavy (non-hydrogen) atoms. The number of amides is 1. The van der Waals surface area contributed by atoms with E-state index >= 15 is 0 Å². The van der Waals surface area contributed by atoms with Crippen molar-refractivity contribution in [3.05, 3.63) is 22.8 Å². The highest BCUT2D eigenvalue weighted by molar-refractivity contribution is 5.77. The van der Waals surface area contributed by atoms with Crippen molar-refractivity contribution in [1.82, 2.24) is 35.2 Å². The summed E-state index contributed by atoms with van der Waals surface area (Å²) in [5, 5.41) is 16.1. The molecule has 2 aliphatic heterocycles. The number of rotatable bonds is 6. The number of hydrogen-bond acceptors (Lipinski definition) is 8. The van der Waals surface area contributed by atoms with Gasteiger partial charge in [0.05, 0.1) is 38.0 Å². The summed E-state index contributed by atoms with van der Waals surface area (Å²) < 4.78 is 12.4. The smallest absolute Gasteiger partial charge is 0.224 e. The minimum atomic E-state index is 0.0560. The first-order valence-corrected chi connectivity index (χ1v) is 9.91. The number of tetrazole rings is 1. The van der Waals surface area contributed by atoms with Crippen molar-refractivity contribution in [3.63, 3.8) is 0 Å². The van der Waals surface area contributed by atoms with Crippen molar-refractivity contribution in [2.45, 2.75) is 52.2 Å². The summed E-state index contributed by atoms with van der Waals surface area (Å²) in [6.45, 7) is 8.99. The van der Waals surface area contributed by atoms with Crippen molar-refractivity contribution in [1.29, 1.82) is 0 Å². The van der Waals surface area contributed by atoms with Crippen LogP contribution in [0.5, 0.6) is 0 Å². The number of hydrogen-bond donors (Lipinski definition) is 0. The molecule has 0 aromatic carbocycles. The summed E-state index contributed by atoms with van der Waals surface area (Å²) in [6.07, 6.45) is 2.32. The summed E-state index contributed by atoms with van der Waals surface area (Å²) in [4.78, 5) is 17.2. The van der Waals surface area contributed by atoms with E-state index < -0.39 is 0 Å². The van der Waals surface area contributed by atoms with E-state index in [1.807, 2.05) is 18.7 Å². The first kappa shape index (κ1) is 19.0. The van der Waals surface area contributed by atoms with Gasteiger partial charge in [0, 0.05) is 31.6 Å². The minimum Gasteiger partial charge on any atom is -0.379 e. The van der Waals surface area contributed by atoms with Crippen LogP contribution in [0.1, 0.15) is 48.1 Å². The number of nitrogens with zero attached hydrogens (tertiary/aromatic N) is 7. The van der Waals surface area contributed by atoms with Crippen molar-refractivity contribution in [2.75, 3.05) is 32.8 Å². The van der Waals surface area contributed by atoms with E-state index in [0.717, 1.165) is 68.5 Å². The van der Waals surface area contributed by atoms with E-state index in [9.17, 15) is 4.79 Å². The zero-order valence-corrected chi connectivity index (χ0v) is 16.5. The second-order valence-corrected chi connectivity index (χ2v) is 7.44. The first-order valence-electron chi connectivity index (χ1n) is 9.91. The monoisotopic (exact) mass is 389 g/mol. The summed E-state index contributed by atoms with van der Waals surface area (Å²) >= 11 is 0. The molecule has 0 saturated carbocycles. The van der Waals surface area contributed by atoms with Gasteiger partial charge in [-0.1, -0.05) is 5.16 Å². The standard InChI is InChI=1S/C18H27N7O3/c1-13-18(14(2)28-20-13)15-4-3-6-24(15)17(26)5-7-25-16(19-21-22-25)12-23-8-10-27-11-9-23/h15H,3-12H2,1-2H3. The Labute approximate surface area is 163 Å². The third kappa shape index (κ3) is 3.93. The number of likely N-dealkylation sites (tertiary alicyclic amines) is 1. The molecule has 0 bridgehead atoms. The Morgan fingerprint density at radius 2 is 2.04 bits per heavy atom. The lowest BCUT2D eigenvalue weighted by Crippen LogP contribution is -2.36. The predicted molar refractivity (Wildman–Crippen MR) is 98.2 cm³/mol. The number of aromatic nitrogens is 5. The molecule has 2 aromatic rings. The van der Waals surface area contributed by atoms with Crippen LogP contribution >= 0.6 is 0 Å². The molecule has 1 unspecified atom stereocenters. The lowest BCUT2D eigenvalue weighted by atomic mass is 10.0. The average molecular weight is 389 g/mol. The molecule has 10 nitrogen and oxygen atoms in total. The summed E-state index contributed by atoms with van der Waals surface area (Å²) in [6, 6.07) is 0.0560. The molecule has 4 heterocycles. The van der Waals surface area contributed by atoms with Crippen LogP contribution in [-0.2, 0) is 22.6 Å². The Bertz CT molecular complexity index is 792. The van der Waals surface area contributed by atoms with Crippen molar-refractivity contribution in [3.8, 4) is 0 Å². The fourth-order valence-electron chi connectivity index (χ4n) is 4.15. The van der Waals surface area contributed by atoms with Crippen LogP contribution in [0.4, 0.5) is 0 Å². The molecular weight excluding hydrogens is 362 g/mol. The second-order valence-electron chi connectivity index (χ2n) is 7.44. The number of carbonyl (C=O) groups is 1. The maximum Gasteiger partial charge on any atom is 0.224 e. The van der Waals surface area contributed by atoms with E-state index in [1.165, 1.54) is 0 Å². The van der Waals surface area contributed by atoms with Crippen LogP contribution in [0.15, 0.2) is 4.52 Å². The zero-order chi connectivity index (χ0) is 19.5. The highest BCUT2D eigenvalue weighted by Gasteiger charge is 2.33. The quantitative estimate of drug-likeness (QED) is 0.717. The highest BCUT2D eigenvalue weighted by atomic mass is 16.5. The van der Waals surface area contributed by atoms with Gasteiger partial charge in [-0.15, -0.1) is 5.10 Å². The van der Waals surface area contributed by atoms with Gasteiger partial charge in [-0.05, 0) is 37.1 Å². The summed E-state index contributed by atoms with van der Waals surface area (Å²) in [5.74, 6) is 1.71. The SMILES string of the molecule is Cc1noc(C)c1C1CCCN1C(=O)CCn1nnnc1CN1CCOCC1. The topological polar surface area (TPSA) is 102 Å². The third-order valence-electron chi connectivity index (χ3n) is 5.61. The largest absolute Gasteiger partial charge is 0.379 e. The molecular formula is C18H27N7O3. The summed E-state index contributed by atoms with van der Waals surface area (Å²) in [7, 11) is 0. The Kier molecular flexibility index (Phi) is 5.67. The fraction of sp³-hybridized carbons (Fsp3) is 0.722. The zero-order valence-electron chi connectivity index (χ0n) is 16.5. The Balaban J connectivity index is 1.37. The highest BCUT2D eigenvalue weighted by Crippen LogP contribution is 2.35. The first-order chi connectivity index (χ1) is 13.6. The molecule has 2 aromatic heterocycles. The van der Waals surface area contributed by atoms with Crippen LogP contribution in [0, 0.1) is 13.8 Å². The molecule has 4 rings (SSSR count). The predicted octanol–water partition coefficient (Wildman–Crippen LogP) is 0.864. The van der Waals surface area contributed by atoms with Crippen LogP contribution in [0.2, 0.25) is 0 Å². The molecule has 1 amide bonds. The minimum absolute atomic E-state index is 0.0560. The van der Waals surface area contributed by atoms with Crippen LogP contribution in [0.3, 0.4) is 0 Å². The van der Waals surface area contributed by atoms with Gasteiger partial charge in [0.15, 0.2) is 5.82 Å². The average Bonchev–Trinajstić information content (AvgIpc) is 3.41. The molecule has 1 atom stereocenters. The molecule has 0 aliphatic carbocycles. The van der Waals surface area contributed by atoms with E-state index in [2.05, 4.69) is 25.6 Å². The van der Waals surface area contributed by atoms with E-state index in [-0.39, 0.29) is 11.9 Å². The van der Waals surface area contributed by atoms with Crippen molar-refractivity contribution < 1.29 is 14.1 Å². The van der Waals surface area contributed by atoms with E-state index in [1.54, 1.807) is 4.68 Å². The van der Waals surface area contributed by atoms with E-state index in [0.29, 0.717) is 19.5 Å². The Morgan fingerprint density at radius 1 is 1.21 bits per heavy atom. The molecule has 0 spiro atoms. The van der Waals surface area contributed by atoms with Crippen molar-refractivity contribution in [2.24, 2.45) is 0 Å². The number of ether oxygens (including phenoxy) is 1. The van der Waals surface area contributed by atoms with Crippen LogP contribution in [0.25, 0.3) is 0 Å². The molecule has 2 saturated heterocycles. The second kappa shape index (κ2) is 8.36. The van der Waals surface area contributed by atoms with Crippen molar-refractivity contribution >= 4 is 5.91 Å². The number of aryl methyl sites for hydroxylation is 3. The molecule has 2 fully saturated rings. The normalized spacial score (nSPS) is 20.8. The van der Waals surface area contributed by atoms with Gasteiger partial charge in [0.25, 0.3) is 0 Å². The molecule has 0 radical (unpaired) electrons. The van der Waals surface area contributed by atoms with Gasteiger partial charge >= 0.3 is 0 Å². The Morgan fingerprint density at radius 3 is 2.79 bits per heavy atom. The Hall–Kier alpha value is -2.33. The third-order valence-corrected chi connectivity index (χ3v) is 5.61. The van der Waals surface area contributed by atoms with Gasteiger partial charge in [-0.3, -0.25) is 9.69 Å². The molecule has 10 heteroatoms. The molecule has 2 aliphatic rings. The fourth-order valence-corrected chi connectivity index (χ4v) is 4.15. The van der Waals surface area contributed by atoms with Gasteiger partial charge < -0.3 is 14.2 Å². The maximum atomic E-state index is 12.9. The number of morpholine rings is 1. The van der Waals surface area contributed by atoms with Crippen LogP contribution in [-0.4, -0.2) is 73.9 Å². The lowest BCUT2D eigenvalue weighted by molar-refractivity contribution is -0.132.